The van der Waals surface area contributed by atoms with Crippen LogP contribution in [-0.4, -0.2) is 11.5 Å². The summed E-state index contributed by atoms with van der Waals surface area (Å²) >= 11 is 1.72. The van der Waals surface area contributed by atoms with Gasteiger partial charge in [0.2, 0.25) is 0 Å². The second-order valence-electron chi connectivity index (χ2n) is 4.87. The molecule has 0 saturated carbocycles. The molecule has 0 spiro atoms. The van der Waals surface area contributed by atoms with E-state index < -0.39 is 0 Å². The molecule has 4 heteroatoms. The van der Waals surface area contributed by atoms with Crippen LogP contribution in [0, 0.1) is 0 Å². The number of hydrogen-bond donors (Lipinski definition) is 1. The van der Waals surface area contributed by atoms with Crippen LogP contribution >= 0.6 is 11.3 Å². The highest BCUT2D eigenvalue weighted by molar-refractivity contribution is 7.10. The summed E-state index contributed by atoms with van der Waals surface area (Å²) in [5.41, 5.74) is 1.87. The molecule has 0 amide bonds. The highest BCUT2D eigenvalue weighted by atomic mass is 32.1. The molecule has 1 saturated heterocycles. The second-order valence-corrected chi connectivity index (χ2v) is 5.76. The molecule has 3 nitrogen and oxygen atoms in total. The molecule has 1 atom stereocenters. The number of nitrogens with one attached hydrogen (secondary N) is 1. The van der Waals surface area contributed by atoms with Gasteiger partial charge in [0.25, 0.3) is 0 Å². The first-order valence-corrected chi connectivity index (χ1v) is 7.46. The SMILES string of the molecule is c1ccc2oc(-c3csc(C4CCCN4)n3)cc2c1. The molecule has 1 aromatic carbocycles. The van der Waals surface area contributed by atoms with Gasteiger partial charge >= 0.3 is 0 Å². The van der Waals surface area contributed by atoms with Crippen LogP contribution in [0.1, 0.15) is 23.9 Å². The first kappa shape index (κ1) is 11.2. The maximum absolute atomic E-state index is 5.85. The van der Waals surface area contributed by atoms with Gasteiger partial charge in [-0.2, -0.15) is 0 Å². The lowest BCUT2D eigenvalue weighted by molar-refractivity contribution is 0.623. The third-order valence-corrected chi connectivity index (χ3v) is 4.52. The van der Waals surface area contributed by atoms with E-state index in [4.69, 9.17) is 9.40 Å². The van der Waals surface area contributed by atoms with Crippen LogP contribution < -0.4 is 5.32 Å². The van der Waals surface area contributed by atoms with Gasteiger partial charge in [-0.25, -0.2) is 4.98 Å². The van der Waals surface area contributed by atoms with E-state index >= 15 is 0 Å². The van der Waals surface area contributed by atoms with Crippen molar-refractivity contribution in [2.75, 3.05) is 6.54 Å². The molecule has 1 aliphatic rings. The third kappa shape index (κ3) is 1.97. The Morgan fingerprint density at radius 3 is 3.11 bits per heavy atom. The molecular weight excluding hydrogens is 256 g/mol. The van der Waals surface area contributed by atoms with Gasteiger partial charge in [0.1, 0.15) is 16.3 Å². The van der Waals surface area contributed by atoms with E-state index in [1.165, 1.54) is 17.8 Å². The fraction of sp³-hybridized carbons (Fsp3) is 0.267. The van der Waals surface area contributed by atoms with E-state index in [0.29, 0.717) is 6.04 Å². The van der Waals surface area contributed by atoms with E-state index in [9.17, 15) is 0 Å². The molecule has 3 heterocycles. The Labute approximate surface area is 115 Å². The van der Waals surface area contributed by atoms with E-state index in [-0.39, 0.29) is 0 Å². The average Bonchev–Trinajstić information content (AvgIpc) is 3.17. The number of fused-ring (bicyclic) bond motifs is 1. The van der Waals surface area contributed by atoms with Crippen molar-refractivity contribution in [2.45, 2.75) is 18.9 Å². The minimum absolute atomic E-state index is 0.433. The summed E-state index contributed by atoms with van der Waals surface area (Å²) in [4.78, 5) is 4.72. The standard InChI is InChI=1S/C15H14N2OS/c1-2-6-13-10(4-1)8-14(18-13)12-9-19-15(17-12)11-5-3-7-16-11/h1-2,4,6,8-9,11,16H,3,5,7H2. The van der Waals surface area contributed by atoms with Crippen LogP contribution in [0.4, 0.5) is 0 Å². The molecule has 96 valence electrons. The van der Waals surface area contributed by atoms with E-state index in [2.05, 4.69) is 22.8 Å². The smallest absolute Gasteiger partial charge is 0.154 e. The maximum atomic E-state index is 5.85. The quantitative estimate of drug-likeness (QED) is 0.765. The van der Waals surface area contributed by atoms with Crippen LogP contribution in [0.15, 0.2) is 40.1 Å². The molecule has 4 rings (SSSR count). The number of rotatable bonds is 2. The molecule has 1 N–H and O–H groups in total. The van der Waals surface area contributed by atoms with Crippen molar-refractivity contribution in [3.05, 3.63) is 40.7 Å². The Kier molecular flexibility index (Phi) is 2.64. The minimum Gasteiger partial charge on any atom is -0.454 e. The summed E-state index contributed by atoms with van der Waals surface area (Å²) < 4.78 is 5.85. The largest absolute Gasteiger partial charge is 0.454 e. The van der Waals surface area contributed by atoms with Gasteiger partial charge in [-0.3, -0.25) is 0 Å². The van der Waals surface area contributed by atoms with Gasteiger partial charge in [-0.1, -0.05) is 18.2 Å². The topological polar surface area (TPSA) is 38.1 Å². The van der Waals surface area contributed by atoms with E-state index in [0.717, 1.165) is 29.0 Å². The molecular formula is C15H14N2OS. The van der Waals surface area contributed by atoms with Gasteiger partial charge in [-0.05, 0) is 31.5 Å². The monoisotopic (exact) mass is 270 g/mol. The fourth-order valence-corrected chi connectivity index (χ4v) is 3.48. The Balaban J connectivity index is 1.71. The molecule has 0 radical (unpaired) electrons. The van der Waals surface area contributed by atoms with Crippen LogP contribution in [-0.2, 0) is 0 Å². The molecule has 2 aromatic heterocycles. The lowest BCUT2D eigenvalue weighted by Gasteiger charge is -2.03. The maximum Gasteiger partial charge on any atom is 0.154 e. The van der Waals surface area contributed by atoms with Crippen LogP contribution in [0.2, 0.25) is 0 Å². The zero-order valence-electron chi connectivity index (χ0n) is 10.4. The van der Waals surface area contributed by atoms with Gasteiger partial charge in [0, 0.05) is 10.8 Å². The van der Waals surface area contributed by atoms with Crippen LogP contribution in [0.5, 0.6) is 0 Å². The van der Waals surface area contributed by atoms with Crippen molar-refractivity contribution in [1.29, 1.82) is 0 Å². The van der Waals surface area contributed by atoms with Crippen molar-refractivity contribution in [1.82, 2.24) is 10.3 Å². The number of thiazole rings is 1. The normalized spacial score (nSPS) is 19.3. The lowest BCUT2D eigenvalue weighted by Crippen LogP contribution is -2.12. The highest BCUT2D eigenvalue weighted by Gasteiger charge is 2.20. The summed E-state index contributed by atoms with van der Waals surface area (Å²) in [6.45, 7) is 1.10. The molecule has 0 bridgehead atoms. The van der Waals surface area contributed by atoms with Crippen molar-refractivity contribution in [2.24, 2.45) is 0 Å². The number of aromatic nitrogens is 1. The predicted octanol–water partition coefficient (Wildman–Crippen LogP) is 3.98. The zero-order valence-corrected chi connectivity index (χ0v) is 11.2. The van der Waals surface area contributed by atoms with Crippen LogP contribution in [0.25, 0.3) is 22.4 Å². The van der Waals surface area contributed by atoms with Crippen molar-refractivity contribution in [3.63, 3.8) is 0 Å². The van der Waals surface area contributed by atoms with E-state index in [1.54, 1.807) is 11.3 Å². The second kappa shape index (κ2) is 4.47. The zero-order chi connectivity index (χ0) is 12.7. The van der Waals surface area contributed by atoms with Crippen molar-refractivity contribution >= 4 is 22.3 Å². The van der Waals surface area contributed by atoms with Crippen LogP contribution in [0.3, 0.4) is 0 Å². The summed E-state index contributed by atoms with van der Waals surface area (Å²) in [6, 6.07) is 10.6. The molecule has 19 heavy (non-hydrogen) atoms. The number of para-hydroxylation sites is 1. The Bertz CT molecular complexity index is 677. The number of furan rings is 1. The highest BCUT2D eigenvalue weighted by Crippen LogP contribution is 2.32. The van der Waals surface area contributed by atoms with Gasteiger partial charge in [0.15, 0.2) is 5.76 Å². The summed E-state index contributed by atoms with van der Waals surface area (Å²) in [7, 11) is 0. The van der Waals surface area contributed by atoms with Gasteiger partial charge in [0.05, 0.1) is 6.04 Å². The molecule has 0 aliphatic carbocycles. The Morgan fingerprint density at radius 2 is 2.26 bits per heavy atom. The minimum atomic E-state index is 0.433. The average molecular weight is 270 g/mol. The summed E-state index contributed by atoms with van der Waals surface area (Å²) in [5, 5.41) is 7.88. The number of nitrogens with zero attached hydrogens (tertiary/aromatic N) is 1. The first-order chi connectivity index (χ1) is 9.40. The molecule has 1 fully saturated rings. The number of hydrogen-bond acceptors (Lipinski definition) is 4. The van der Waals surface area contributed by atoms with Crippen molar-refractivity contribution < 1.29 is 4.42 Å². The van der Waals surface area contributed by atoms with Gasteiger partial charge < -0.3 is 9.73 Å². The molecule has 1 aliphatic heterocycles. The summed E-state index contributed by atoms with van der Waals surface area (Å²) in [5.74, 6) is 0.863. The van der Waals surface area contributed by atoms with Gasteiger partial charge in [-0.15, -0.1) is 11.3 Å². The predicted molar refractivity (Wildman–Crippen MR) is 77.3 cm³/mol. The lowest BCUT2D eigenvalue weighted by atomic mass is 10.2. The molecule has 1 unspecified atom stereocenters. The number of benzene rings is 1. The van der Waals surface area contributed by atoms with Crippen molar-refractivity contribution in [3.8, 4) is 11.5 Å². The summed E-state index contributed by atoms with van der Waals surface area (Å²) in [6.07, 6.45) is 2.43. The molecule has 3 aromatic rings. The first-order valence-electron chi connectivity index (χ1n) is 6.58. The Hall–Kier alpha value is -1.65. The van der Waals surface area contributed by atoms with E-state index in [1.807, 2.05) is 18.2 Å². The fourth-order valence-electron chi connectivity index (χ4n) is 2.56. The third-order valence-electron chi connectivity index (χ3n) is 3.56. The Morgan fingerprint density at radius 1 is 1.32 bits per heavy atom.